The van der Waals surface area contributed by atoms with Gasteiger partial charge in [0, 0.05) is 11.8 Å². The third-order valence-corrected chi connectivity index (χ3v) is 3.68. The molecule has 0 aliphatic rings. The molecule has 0 fully saturated rings. The molecule has 3 nitrogen and oxygen atoms in total. The van der Waals surface area contributed by atoms with Crippen molar-refractivity contribution in [3.05, 3.63) is 95.3 Å². The van der Waals surface area contributed by atoms with Crippen molar-refractivity contribution in [3.8, 4) is 5.75 Å². The van der Waals surface area contributed by atoms with Crippen molar-refractivity contribution < 1.29 is 4.74 Å². The molecular weight excluding hydrogens is 284 g/mol. The second-order valence-electron chi connectivity index (χ2n) is 5.30. The summed E-state index contributed by atoms with van der Waals surface area (Å²) in [6, 6.07) is 21.4. The third kappa shape index (κ3) is 3.46. The first-order valence-corrected chi connectivity index (χ1v) is 7.52. The smallest absolute Gasteiger partial charge is 0.122 e. The molecule has 0 aliphatic heterocycles. The van der Waals surface area contributed by atoms with Crippen molar-refractivity contribution >= 4 is 5.71 Å². The quantitative estimate of drug-likeness (QED) is 0.711. The van der Waals surface area contributed by atoms with E-state index in [2.05, 4.69) is 4.98 Å². The SMILES string of the molecule is Cc1ccccc1OCc1ccccc1C(=N)c1ccccn1. The van der Waals surface area contributed by atoms with Crippen LogP contribution in [0.3, 0.4) is 0 Å². The van der Waals surface area contributed by atoms with E-state index >= 15 is 0 Å². The Labute approximate surface area is 136 Å². The number of hydrogen-bond donors (Lipinski definition) is 1. The van der Waals surface area contributed by atoms with E-state index in [0.29, 0.717) is 18.0 Å². The van der Waals surface area contributed by atoms with E-state index in [4.69, 9.17) is 10.1 Å². The van der Waals surface area contributed by atoms with Crippen LogP contribution in [0.1, 0.15) is 22.4 Å². The van der Waals surface area contributed by atoms with Crippen molar-refractivity contribution in [2.24, 2.45) is 0 Å². The number of benzene rings is 2. The number of aromatic nitrogens is 1. The molecule has 0 aliphatic carbocycles. The van der Waals surface area contributed by atoms with E-state index in [1.165, 1.54) is 0 Å². The Kier molecular flexibility index (Phi) is 4.48. The predicted octanol–water partition coefficient (Wildman–Crippen LogP) is 4.39. The summed E-state index contributed by atoms with van der Waals surface area (Å²) in [7, 11) is 0. The molecule has 3 aromatic rings. The highest BCUT2D eigenvalue weighted by Crippen LogP contribution is 2.20. The zero-order chi connectivity index (χ0) is 16.1. The Morgan fingerprint density at radius 3 is 2.48 bits per heavy atom. The zero-order valence-corrected chi connectivity index (χ0v) is 13.0. The first-order valence-electron chi connectivity index (χ1n) is 7.52. The third-order valence-electron chi connectivity index (χ3n) is 3.68. The topological polar surface area (TPSA) is 46.0 Å². The second kappa shape index (κ2) is 6.88. The van der Waals surface area contributed by atoms with Crippen molar-refractivity contribution in [3.63, 3.8) is 0 Å². The van der Waals surface area contributed by atoms with Crippen LogP contribution in [-0.4, -0.2) is 10.7 Å². The zero-order valence-electron chi connectivity index (χ0n) is 13.0. The van der Waals surface area contributed by atoms with Crippen LogP contribution >= 0.6 is 0 Å². The van der Waals surface area contributed by atoms with Gasteiger partial charge in [0.25, 0.3) is 0 Å². The Morgan fingerprint density at radius 2 is 1.70 bits per heavy atom. The summed E-state index contributed by atoms with van der Waals surface area (Å²) >= 11 is 0. The first kappa shape index (κ1) is 15.0. The minimum atomic E-state index is 0.412. The number of hydrogen-bond acceptors (Lipinski definition) is 3. The van der Waals surface area contributed by atoms with Crippen LogP contribution in [0.25, 0.3) is 0 Å². The van der Waals surface area contributed by atoms with Crippen molar-refractivity contribution in [2.75, 3.05) is 0 Å². The van der Waals surface area contributed by atoms with Gasteiger partial charge in [0.15, 0.2) is 0 Å². The second-order valence-corrected chi connectivity index (χ2v) is 5.30. The fourth-order valence-electron chi connectivity index (χ4n) is 2.41. The normalized spacial score (nSPS) is 10.3. The summed E-state index contributed by atoms with van der Waals surface area (Å²) in [6.07, 6.45) is 1.70. The molecule has 114 valence electrons. The van der Waals surface area contributed by atoms with Gasteiger partial charge in [-0.1, -0.05) is 48.5 Å². The molecule has 2 aromatic carbocycles. The van der Waals surface area contributed by atoms with E-state index in [1.54, 1.807) is 6.20 Å². The molecule has 0 unspecified atom stereocenters. The standard InChI is InChI=1S/C20H18N2O/c1-15-8-2-5-12-19(15)23-14-16-9-3-4-10-17(16)20(21)18-11-6-7-13-22-18/h2-13,21H,14H2,1H3. The molecule has 0 saturated carbocycles. The number of aryl methyl sites for hydroxylation is 1. The molecule has 23 heavy (non-hydrogen) atoms. The minimum Gasteiger partial charge on any atom is -0.489 e. The van der Waals surface area contributed by atoms with Crippen LogP contribution in [-0.2, 0) is 6.61 Å². The van der Waals surface area contributed by atoms with Gasteiger partial charge in [0.05, 0.1) is 11.4 Å². The van der Waals surface area contributed by atoms with Crippen LogP contribution in [0.5, 0.6) is 5.75 Å². The van der Waals surface area contributed by atoms with Gasteiger partial charge >= 0.3 is 0 Å². The maximum Gasteiger partial charge on any atom is 0.122 e. The maximum absolute atomic E-state index is 8.42. The fraction of sp³-hybridized carbons (Fsp3) is 0.100. The lowest BCUT2D eigenvalue weighted by Crippen LogP contribution is -2.09. The Bertz CT molecular complexity index is 813. The number of rotatable bonds is 5. The van der Waals surface area contributed by atoms with E-state index in [-0.39, 0.29) is 0 Å². The molecule has 1 N–H and O–H groups in total. The average Bonchev–Trinajstić information content (AvgIpc) is 2.61. The van der Waals surface area contributed by atoms with Gasteiger partial charge in [0.1, 0.15) is 12.4 Å². The molecule has 0 bridgehead atoms. The van der Waals surface area contributed by atoms with Crippen LogP contribution in [0, 0.1) is 12.3 Å². The van der Waals surface area contributed by atoms with Gasteiger partial charge in [0.2, 0.25) is 0 Å². The number of nitrogens with zero attached hydrogens (tertiary/aromatic N) is 1. The largest absolute Gasteiger partial charge is 0.489 e. The lowest BCUT2D eigenvalue weighted by molar-refractivity contribution is 0.304. The van der Waals surface area contributed by atoms with Gasteiger partial charge in [-0.2, -0.15) is 0 Å². The van der Waals surface area contributed by atoms with E-state index in [1.807, 2.05) is 73.7 Å². The van der Waals surface area contributed by atoms with Crippen molar-refractivity contribution in [1.29, 1.82) is 5.41 Å². The molecule has 0 atom stereocenters. The molecule has 1 heterocycles. The molecule has 1 aromatic heterocycles. The minimum absolute atomic E-state index is 0.412. The highest BCUT2D eigenvalue weighted by Gasteiger charge is 2.11. The number of para-hydroxylation sites is 1. The Hall–Kier alpha value is -2.94. The molecule has 3 heteroatoms. The van der Waals surface area contributed by atoms with Crippen molar-refractivity contribution in [1.82, 2.24) is 4.98 Å². The lowest BCUT2D eigenvalue weighted by atomic mass is 10.0. The molecule has 0 saturated heterocycles. The maximum atomic E-state index is 8.42. The summed E-state index contributed by atoms with van der Waals surface area (Å²) < 4.78 is 5.93. The molecule has 0 amide bonds. The number of ether oxygens (including phenoxy) is 1. The summed E-state index contributed by atoms with van der Waals surface area (Å²) in [6.45, 7) is 2.45. The molecule has 0 radical (unpaired) electrons. The van der Waals surface area contributed by atoms with E-state index in [9.17, 15) is 0 Å². The predicted molar refractivity (Wildman–Crippen MR) is 92.1 cm³/mol. The van der Waals surface area contributed by atoms with Gasteiger partial charge in [-0.05, 0) is 36.2 Å². The van der Waals surface area contributed by atoms with E-state index < -0.39 is 0 Å². The van der Waals surface area contributed by atoms with Crippen LogP contribution in [0.2, 0.25) is 0 Å². The number of pyridine rings is 1. The van der Waals surface area contributed by atoms with Crippen LogP contribution < -0.4 is 4.74 Å². The molecular formula is C20H18N2O. The van der Waals surface area contributed by atoms with E-state index in [0.717, 1.165) is 22.4 Å². The number of nitrogens with one attached hydrogen (secondary N) is 1. The van der Waals surface area contributed by atoms with Gasteiger partial charge in [-0.15, -0.1) is 0 Å². The molecule has 3 rings (SSSR count). The van der Waals surface area contributed by atoms with Crippen LogP contribution in [0.4, 0.5) is 0 Å². The fourth-order valence-corrected chi connectivity index (χ4v) is 2.41. The van der Waals surface area contributed by atoms with Crippen LogP contribution in [0.15, 0.2) is 72.9 Å². The molecule has 0 spiro atoms. The monoisotopic (exact) mass is 302 g/mol. The van der Waals surface area contributed by atoms with Crippen molar-refractivity contribution in [2.45, 2.75) is 13.5 Å². The Morgan fingerprint density at radius 1 is 0.957 bits per heavy atom. The lowest BCUT2D eigenvalue weighted by Gasteiger charge is -2.13. The van der Waals surface area contributed by atoms with Gasteiger partial charge in [-0.25, -0.2) is 0 Å². The van der Waals surface area contributed by atoms with Gasteiger partial charge in [-0.3, -0.25) is 10.4 Å². The first-order chi connectivity index (χ1) is 11.3. The highest BCUT2D eigenvalue weighted by molar-refractivity contribution is 6.10. The summed E-state index contributed by atoms with van der Waals surface area (Å²) in [5, 5.41) is 8.42. The summed E-state index contributed by atoms with van der Waals surface area (Å²) in [5.74, 6) is 0.867. The average molecular weight is 302 g/mol. The highest BCUT2D eigenvalue weighted by atomic mass is 16.5. The Balaban J connectivity index is 1.84. The van der Waals surface area contributed by atoms with Gasteiger partial charge < -0.3 is 4.74 Å². The summed E-state index contributed by atoms with van der Waals surface area (Å²) in [4.78, 5) is 4.26. The summed E-state index contributed by atoms with van der Waals surface area (Å²) in [5.41, 5.74) is 4.00.